The minimum Gasteiger partial charge on any atom is -0.366 e. The van der Waals surface area contributed by atoms with Crippen LogP contribution in [0.3, 0.4) is 0 Å². The number of carbonyl (C=O) groups excluding carboxylic acids is 2. The molecule has 1 aromatic heterocycles. The van der Waals surface area contributed by atoms with Gasteiger partial charge in [0.05, 0.1) is 6.54 Å². The largest absolute Gasteiger partial charge is 0.366 e. The van der Waals surface area contributed by atoms with Crippen molar-refractivity contribution >= 4 is 28.4 Å². The van der Waals surface area contributed by atoms with Gasteiger partial charge in [-0.15, -0.1) is 0 Å². The molecular formula is C21H24N4O2. The Bertz CT molecular complexity index is 960. The van der Waals surface area contributed by atoms with Crippen LogP contribution in [-0.2, 0) is 11.3 Å². The maximum absolute atomic E-state index is 12.2. The van der Waals surface area contributed by atoms with E-state index in [2.05, 4.69) is 35.0 Å². The Balaban J connectivity index is 1.54. The Morgan fingerprint density at radius 2 is 1.81 bits per heavy atom. The number of anilines is 1. The van der Waals surface area contributed by atoms with Crippen LogP contribution < -0.4 is 11.1 Å². The summed E-state index contributed by atoms with van der Waals surface area (Å²) in [6, 6.07) is 17.0. The topological polar surface area (TPSA) is 80.4 Å². The second kappa shape index (κ2) is 8.05. The molecule has 6 heteroatoms. The third-order valence-corrected chi connectivity index (χ3v) is 4.59. The standard InChI is InChI=1S/C21H24N4O2/c1-15-13-17-5-3-4-6-19(17)25(15)12-11-24(2)14-20(26)23-18-9-7-16(8-10-18)21(22)27/h3-10,13H,11-12,14H2,1-2H3,(H2,22,27)(H,23,26). The molecule has 0 atom stereocenters. The van der Waals surface area contributed by atoms with Gasteiger partial charge in [-0.05, 0) is 55.8 Å². The highest BCUT2D eigenvalue weighted by Crippen LogP contribution is 2.19. The van der Waals surface area contributed by atoms with E-state index in [0.717, 1.165) is 13.1 Å². The fraction of sp³-hybridized carbons (Fsp3) is 0.238. The van der Waals surface area contributed by atoms with Crippen LogP contribution in [0, 0.1) is 6.92 Å². The summed E-state index contributed by atoms with van der Waals surface area (Å²) >= 11 is 0. The van der Waals surface area contributed by atoms with Crippen molar-refractivity contribution in [3.05, 3.63) is 65.9 Å². The highest BCUT2D eigenvalue weighted by Gasteiger charge is 2.10. The lowest BCUT2D eigenvalue weighted by Gasteiger charge is -2.18. The average Bonchev–Trinajstić information content (AvgIpc) is 2.95. The first-order valence-corrected chi connectivity index (χ1v) is 8.87. The second-order valence-electron chi connectivity index (χ2n) is 6.72. The lowest BCUT2D eigenvalue weighted by atomic mass is 10.2. The smallest absolute Gasteiger partial charge is 0.248 e. The number of amides is 2. The molecule has 27 heavy (non-hydrogen) atoms. The molecule has 2 aromatic carbocycles. The number of nitrogens with one attached hydrogen (secondary N) is 1. The van der Waals surface area contributed by atoms with Gasteiger partial charge in [0, 0.05) is 35.6 Å². The molecule has 0 unspecified atom stereocenters. The molecule has 1 heterocycles. The Hall–Kier alpha value is -3.12. The van der Waals surface area contributed by atoms with E-state index in [9.17, 15) is 9.59 Å². The lowest BCUT2D eigenvalue weighted by molar-refractivity contribution is -0.117. The third kappa shape index (κ3) is 4.54. The summed E-state index contributed by atoms with van der Waals surface area (Å²) in [5, 5.41) is 4.06. The molecule has 6 nitrogen and oxygen atoms in total. The number of aryl methyl sites for hydroxylation is 1. The molecule has 2 amide bonds. The molecule has 3 aromatic rings. The maximum Gasteiger partial charge on any atom is 0.248 e. The van der Waals surface area contributed by atoms with Gasteiger partial charge in [0.25, 0.3) is 0 Å². The molecule has 0 aliphatic carbocycles. The van der Waals surface area contributed by atoms with Gasteiger partial charge in [-0.25, -0.2) is 0 Å². The number of hydrogen-bond acceptors (Lipinski definition) is 3. The van der Waals surface area contributed by atoms with Gasteiger partial charge in [0.15, 0.2) is 0 Å². The number of rotatable bonds is 7. The van der Waals surface area contributed by atoms with Gasteiger partial charge in [-0.2, -0.15) is 0 Å². The monoisotopic (exact) mass is 364 g/mol. The van der Waals surface area contributed by atoms with Gasteiger partial charge in [0.2, 0.25) is 11.8 Å². The van der Waals surface area contributed by atoms with Crippen molar-refractivity contribution in [2.45, 2.75) is 13.5 Å². The van der Waals surface area contributed by atoms with E-state index in [1.54, 1.807) is 24.3 Å². The number of benzene rings is 2. The van der Waals surface area contributed by atoms with Crippen LogP contribution in [0.25, 0.3) is 10.9 Å². The minimum atomic E-state index is -0.486. The minimum absolute atomic E-state index is 0.0987. The fourth-order valence-electron chi connectivity index (χ4n) is 3.16. The molecule has 0 saturated heterocycles. The summed E-state index contributed by atoms with van der Waals surface area (Å²) in [5.41, 5.74) is 8.70. The predicted octanol–water partition coefficient (Wildman–Crippen LogP) is 2.62. The number of hydrogen-bond donors (Lipinski definition) is 2. The predicted molar refractivity (Wildman–Crippen MR) is 108 cm³/mol. The number of nitrogens with two attached hydrogens (primary N) is 1. The van der Waals surface area contributed by atoms with Crippen LogP contribution in [0.15, 0.2) is 54.6 Å². The van der Waals surface area contributed by atoms with Crippen molar-refractivity contribution in [3.8, 4) is 0 Å². The number of likely N-dealkylation sites (N-methyl/N-ethyl adjacent to an activating group) is 1. The van der Waals surface area contributed by atoms with E-state index in [-0.39, 0.29) is 12.5 Å². The first-order chi connectivity index (χ1) is 12.9. The third-order valence-electron chi connectivity index (χ3n) is 4.59. The summed E-state index contributed by atoms with van der Waals surface area (Å²) in [4.78, 5) is 25.3. The first-order valence-electron chi connectivity index (χ1n) is 8.87. The summed E-state index contributed by atoms with van der Waals surface area (Å²) < 4.78 is 2.27. The molecule has 0 bridgehead atoms. The highest BCUT2D eigenvalue weighted by molar-refractivity contribution is 5.95. The summed E-state index contributed by atoms with van der Waals surface area (Å²) in [6.45, 7) is 3.96. The van der Waals surface area contributed by atoms with Crippen molar-refractivity contribution in [1.82, 2.24) is 9.47 Å². The fourth-order valence-corrected chi connectivity index (χ4v) is 3.16. The maximum atomic E-state index is 12.2. The highest BCUT2D eigenvalue weighted by atomic mass is 16.2. The molecule has 0 aliphatic rings. The Morgan fingerprint density at radius 1 is 1.11 bits per heavy atom. The van der Waals surface area contributed by atoms with E-state index in [1.807, 2.05) is 24.1 Å². The lowest BCUT2D eigenvalue weighted by Crippen LogP contribution is -2.32. The number of carbonyl (C=O) groups is 2. The van der Waals surface area contributed by atoms with Gasteiger partial charge in [-0.1, -0.05) is 18.2 Å². The molecule has 0 fully saturated rings. The van der Waals surface area contributed by atoms with Gasteiger partial charge < -0.3 is 15.6 Å². The van der Waals surface area contributed by atoms with E-state index < -0.39 is 5.91 Å². The molecule has 3 rings (SSSR count). The molecule has 0 spiro atoms. The number of aromatic nitrogens is 1. The first kappa shape index (κ1) is 18.7. The van der Waals surface area contributed by atoms with Gasteiger partial charge >= 0.3 is 0 Å². The van der Waals surface area contributed by atoms with Crippen LogP contribution in [0.2, 0.25) is 0 Å². The number of fused-ring (bicyclic) bond motifs is 1. The van der Waals surface area contributed by atoms with Crippen LogP contribution in [-0.4, -0.2) is 41.4 Å². The average molecular weight is 364 g/mol. The summed E-state index contributed by atoms with van der Waals surface area (Å²) in [6.07, 6.45) is 0. The van der Waals surface area contributed by atoms with Crippen molar-refractivity contribution in [3.63, 3.8) is 0 Å². The Kier molecular flexibility index (Phi) is 5.57. The van der Waals surface area contributed by atoms with Gasteiger partial charge in [0.1, 0.15) is 0 Å². The number of para-hydroxylation sites is 1. The zero-order valence-corrected chi connectivity index (χ0v) is 15.6. The Labute approximate surface area is 158 Å². The SMILES string of the molecule is Cc1cc2ccccc2n1CCN(C)CC(=O)Nc1ccc(C(N)=O)cc1. The summed E-state index contributed by atoms with van der Waals surface area (Å²) in [7, 11) is 1.93. The molecule has 140 valence electrons. The normalized spacial score (nSPS) is 11.1. The van der Waals surface area contributed by atoms with E-state index in [1.165, 1.54) is 16.6 Å². The molecule has 0 saturated carbocycles. The number of nitrogens with zero attached hydrogens (tertiary/aromatic N) is 2. The summed E-state index contributed by atoms with van der Waals surface area (Å²) in [5.74, 6) is -0.584. The quantitative estimate of drug-likeness (QED) is 0.676. The van der Waals surface area contributed by atoms with Crippen LogP contribution in [0.5, 0.6) is 0 Å². The Morgan fingerprint density at radius 3 is 2.52 bits per heavy atom. The molecule has 0 radical (unpaired) electrons. The van der Waals surface area contributed by atoms with Crippen molar-refractivity contribution < 1.29 is 9.59 Å². The zero-order valence-electron chi connectivity index (χ0n) is 15.6. The molecular weight excluding hydrogens is 340 g/mol. The van der Waals surface area contributed by atoms with E-state index in [0.29, 0.717) is 11.3 Å². The van der Waals surface area contributed by atoms with Gasteiger partial charge in [-0.3, -0.25) is 14.5 Å². The van der Waals surface area contributed by atoms with E-state index >= 15 is 0 Å². The van der Waals surface area contributed by atoms with Crippen LogP contribution in [0.4, 0.5) is 5.69 Å². The molecule has 3 N–H and O–H groups in total. The van der Waals surface area contributed by atoms with Crippen molar-refractivity contribution in [2.24, 2.45) is 5.73 Å². The van der Waals surface area contributed by atoms with E-state index in [4.69, 9.17) is 5.73 Å². The van der Waals surface area contributed by atoms with Crippen molar-refractivity contribution in [1.29, 1.82) is 0 Å². The molecule has 0 aliphatic heterocycles. The number of primary amides is 1. The van der Waals surface area contributed by atoms with Crippen molar-refractivity contribution in [2.75, 3.05) is 25.5 Å². The zero-order chi connectivity index (χ0) is 19.4. The van der Waals surface area contributed by atoms with Crippen LogP contribution >= 0.6 is 0 Å². The second-order valence-corrected chi connectivity index (χ2v) is 6.72. The van der Waals surface area contributed by atoms with Crippen LogP contribution in [0.1, 0.15) is 16.1 Å².